The Morgan fingerprint density at radius 2 is 1.79 bits per heavy atom. The standard InChI is InChI=1S/C19H20ClNO3/c1-3-14-8-10-15(11-9-14)13(2)21-18(22)12-24-19(23)16-6-4-5-7-17(16)20/h4-11,13H,3,12H2,1-2H3,(H,21,22)/t13-/m0/s1. The minimum atomic E-state index is -0.615. The van der Waals surface area contributed by atoms with Crippen molar-refractivity contribution >= 4 is 23.5 Å². The molecule has 0 aliphatic carbocycles. The zero-order chi connectivity index (χ0) is 17.5. The van der Waals surface area contributed by atoms with E-state index in [1.807, 2.05) is 31.2 Å². The molecule has 0 aliphatic heterocycles. The van der Waals surface area contributed by atoms with Crippen LogP contribution in [0.4, 0.5) is 0 Å². The molecule has 0 aliphatic rings. The van der Waals surface area contributed by atoms with Crippen molar-refractivity contribution in [2.45, 2.75) is 26.3 Å². The Labute approximate surface area is 146 Å². The molecular formula is C19H20ClNO3. The highest BCUT2D eigenvalue weighted by molar-refractivity contribution is 6.33. The lowest BCUT2D eigenvalue weighted by Crippen LogP contribution is -2.31. The summed E-state index contributed by atoms with van der Waals surface area (Å²) in [6.07, 6.45) is 0.971. The summed E-state index contributed by atoms with van der Waals surface area (Å²) in [5.74, 6) is -0.974. The van der Waals surface area contributed by atoms with Gasteiger partial charge in [-0.1, -0.05) is 54.9 Å². The molecule has 0 fully saturated rings. The zero-order valence-electron chi connectivity index (χ0n) is 13.7. The Balaban J connectivity index is 1.86. The summed E-state index contributed by atoms with van der Waals surface area (Å²) in [6, 6.07) is 14.4. The minimum Gasteiger partial charge on any atom is -0.452 e. The summed E-state index contributed by atoms with van der Waals surface area (Å²) >= 11 is 5.92. The molecule has 2 aromatic rings. The highest BCUT2D eigenvalue weighted by Gasteiger charge is 2.15. The van der Waals surface area contributed by atoms with Gasteiger partial charge in [0.1, 0.15) is 0 Å². The van der Waals surface area contributed by atoms with E-state index in [-0.39, 0.29) is 24.1 Å². The largest absolute Gasteiger partial charge is 0.452 e. The molecule has 5 heteroatoms. The summed E-state index contributed by atoms with van der Waals surface area (Å²) in [6.45, 7) is 3.63. The Kier molecular flexibility index (Phi) is 6.38. The molecule has 0 bridgehead atoms. The molecule has 2 rings (SSSR count). The molecule has 4 nitrogen and oxygen atoms in total. The quantitative estimate of drug-likeness (QED) is 0.807. The van der Waals surface area contributed by atoms with Crippen molar-refractivity contribution in [3.05, 3.63) is 70.2 Å². The lowest BCUT2D eigenvalue weighted by molar-refractivity contribution is -0.124. The molecule has 1 atom stereocenters. The van der Waals surface area contributed by atoms with E-state index in [4.69, 9.17) is 16.3 Å². The van der Waals surface area contributed by atoms with Gasteiger partial charge in [0.25, 0.3) is 5.91 Å². The summed E-state index contributed by atoms with van der Waals surface area (Å²) in [5.41, 5.74) is 2.49. The second kappa shape index (κ2) is 8.50. The predicted molar refractivity (Wildman–Crippen MR) is 94.1 cm³/mol. The number of benzene rings is 2. The van der Waals surface area contributed by atoms with E-state index in [1.165, 1.54) is 5.56 Å². The molecule has 0 spiro atoms. The maximum atomic E-state index is 11.9. The van der Waals surface area contributed by atoms with Crippen molar-refractivity contribution < 1.29 is 14.3 Å². The van der Waals surface area contributed by atoms with E-state index in [9.17, 15) is 9.59 Å². The molecule has 24 heavy (non-hydrogen) atoms. The topological polar surface area (TPSA) is 55.4 Å². The lowest BCUT2D eigenvalue weighted by atomic mass is 10.1. The Hall–Kier alpha value is -2.33. The molecule has 2 aromatic carbocycles. The van der Waals surface area contributed by atoms with Gasteiger partial charge in [-0.2, -0.15) is 0 Å². The third-order valence-electron chi connectivity index (χ3n) is 3.69. The molecule has 0 radical (unpaired) electrons. The van der Waals surface area contributed by atoms with Crippen molar-refractivity contribution in [3.63, 3.8) is 0 Å². The SMILES string of the molecule is CCc1ccc([C@H](C)NC(=O)COC(=O)c2ccccc2Cl)cc1. The van der Waals surface area contributed by atoms with E-state index < -0.39 is 5.97 Å². The van der Waals surface area contributed by atoms with E-state index in [0.717, 1.165) is 12.0 Å². The van der Waals surface area contributed by atoms with Crippen LogP contribution in [0.5, 0.6) is 0 Å². The van der Waals surface area contributed by atoms with Crippen molar-refractivity contribution in [2.24, 2.45) is 0 Å². The number of ether oxygens (including phenoxy) is 1. The number of hydrogen-bond donors (Lipinski definition) is 1. The van der Waals surface area contributed by atoms with Crippen LogP contribution in [0, 0.1) is 0 Å². The van der Waals surface area contributed by atoms with Gasteiger partial charge in [-0.15, -0.1) is 0 Å². The van der Waals surface area contributed by atoms with Gasteiger partial charge in [0.2, 0.25) is 0 Å². The number of esters is 1. The number of carbonyl (C=O) groups is 2. The van der Waals surface area contributed by atoms with E-state index in [2.05, 4.69) is 12.2 Å². The molecule has 1 N–H and O–H groups in total. The van der Waals surface area contributed by atoms with Gasteiger partial charge in [-0.25, -0.2) is 4.79 Å². The molecular weight excluding hydrogens is 326 g/mol. The molecule has 0 aromatic heterocycles. The van der Waals surface area contributed by atoms with Crippen molar-refractivity contribution in [3.8, 4) is 0 Å². The number of halogens is 1. The number of hydrogen-bond acceptors (Lipinski definition) is 3. The second-order valence-corrected chi connectivity index (χ2v) is 5.85. The van der Waals surface area contributed by atoms with Crippen LogP contribution in [0.1, 0.15) is 41.4 Å². The average molecular weight is 346 g/mol. The van der Waals surface area contributed by atoms with E-state index in [1.54, 1.807) is 24.3 Å². The van der Waals surface area contributed by atoms with Crippen molar-refractivity contribution in [2.75, 3.05) is 6.61 Å². The van der Waals surface area contributed by atoms with E-state index >= 15 is 0 Å². The van der Waals surface area contributed by atoms with Crippen LogP contribution in [0.15, 0.2) is 48.5 Å². The van der Waals surface area contributed by atoms with Gasteiger partial charge in [0, 0.05) is 0 Å². The number of rotatable bonds is 6. The number of aryl methyl sites for hydroxylation is 1. The fourth-order valence-electron chi connectivity index (χ4n) is 2.24. The van der Waals surface area contributed by atoms with Crippen LogP contribution < -0.4 is 5.32 Å². The van der Waals surface area contributed by atoms with Gasteiger partial charge in [0.05, 0.1) is 16.6 Å². The number of carbonyl (C=O) groups excluding carboxylic acids is 2. The van der Waals surface area contributed by atoms with Crippen LogP contribution in [-0.2, 0) is 16.0 Å². The van der Waals surface area contributed by atoms with Crippen LogP contribution in [0.25, 0.3) is 0 Å². The third-order valence-corrected chi connectivity index (χ3v) is 4.02. The first-order valence-corrected chi connectivity index (χ1v) is 8.19. The van der Waals surface area contributed by atoms with Gasteiger partial charge in [0.15, 0.2) is 6.61 Å². The maximum absolute atomic E-state index is 11.9. The minimum absolute atomic E-state index is 0.164. The summed E-state index contributed by atoms with van der Waals surface area (Å²) in [4.78, 5) is 23.9. The summed E-state index contributed by atoms with van der Waals surface area (Å²) in [5, 5.41) is 3.10. The van der Waals surface area contributed by atoms with E-state index in [0.29, 0.717) is 5.02 Å². The van der Waals surface area contributed by atoms with Crippen molar-refractivity contribution in [1.29, 1.82) is 0 Å². The number of nitrogens with one attached hydrogen (secondary N) is 1. The number of amides is 1. The van der Waals surface area contributed by atoms with Crippen LogP contribution >= 0.6 is 11.6 Å². The Morgan fingerprint density at radius 1 is 1.12 bits per heavy atom. The monoisotopic (exact) mass is 345 g/mol. The Bertz CT molecular complexity index is 713. The molecule has 0 saturated carbocycles. The zero-order valence-corrected chi connectivity index (χ0v) is 14.5. The summed E-state index contributed by atoms with van der Waals surface area (Å²) < 4.78 is 5.01. The fraction of sp³-hybridized carbons (Fsp3) is 0.263. The van der Waals surface area contributed by atoms with Gasteiger partial charge in [-0.3, -0.25) is 4.79 Å². The fourth-order valence-corrected chi connectivity index (χ4v) is 2.46. The maximum Gasteiger partial charge on any atom is 0.340 e. The van der Waals surface area contributed by atoms with Crippen LogP contribution in [0.3, 0.4) is 0 Å². The molecule has 0 saturated heterocycles. The first kappa shape index (κ1) is 18.0. The highest BCUT2D eigenvalue weighted by atomic mass is 35.5. The normalized spacial score (nSPS) is 11.6. The van der Waals surface area contributed by atoms with Gasteiger partial charge in [-0.05, 0) is 36.6 Å². The smallest absolute Gasteiger partial charge is 0.340 e. The van der Waals surface area contributed by atoms with Crippen LogP contribution in [0.2, 0.25) is 5.02 Å². The lowest BCUT2D eigenvalue weighted by Gasteiger charge is -2.15. The summed E-state index contributed by atoms with van der Waals surface area (Å²) in [7, 11) is 0. The molecule has 126 valence electrons. The molecule has 0 unspecified atom stereocenters. The first-order chi connectivity index (χ1) is 11.5. The second-order valence-electron chi connectivity index (χ2n) is 5.44. The molecule has 0 heterocycles. The van der Waals surface area contributed by atoms with Gasteiger partial charge < -0.3 is 10.1 Å². The third kappa shape index (κ3) is 4.83. The average Bonchev–Trinajstić information content (AvgIpc) is 2.60. The first-order valence-electron chi connectivity index (χ1n) is 7.81. The van der Waals surface area contributed by atoms with Crippen LogP contribution in [-0.4, -0.2) is 18.5 Å². The highest BCUT2D eigenvalue weighted by Crippen LogP contribution is 2.16. The molecule has 1 amide bonds. The Morgan fingerprint density at radius 3 is 2.42 bits per heavy atom. The van der Waals surface area contributed by atoms with Gasteiger partial charge >= 0.3 is 5.97 Å². The predicted octanol–water partition coefficient (Wildman–Crippen LogP) is 3.94. The van der Waals surface area contributed by atoms with Crippen molar-refractivity contribution in [1.82, 2.24) is 5.32 Å².